The fourth-order valence-corrected chi connectivity index (χ4v) is 3.54. The molecular weight excluding hydrogens is 418 g/mol. The lowest BCUT2D eigenvalue weighted by Crippen LogP contribution is -2.50. The van der Waals surface area contributed by atoms with Gasteiger partial charge in [0, 0.05) is 37.4 Å². The molecular formula is C25H29N5O3. The van der Waals surface area contributed by atoms with Crippen LogP contribution in [0.1, 0.15) is 26.3 Å². The fourth-order valence-electron chi connectivity index (χ4n) is 3.54. The molecule has 8 nitrogen and oxygen atoms in total. The lowest BCUT2D eigenvalue weighted by molar-refractivity contribution is 0.0240. The zero-order chi connectivity index (χ0) is 23.3. The van der Waals surface area contributed by atoms with Crippen LogP contribution in [0.4, 0.5) is 16.2 Å². The highest BCUT2D eigenvalue weighted by molar-refractivity contribution is 5.68. The first-order valence-electron chi connectivity index (χ1n) is 11.1. The van der Waals surface area contributed by atoms with Crippen LogP contribution < -0.4 is 4.90 Å². The summed E-state index contributed by atoms with van der Waals surface area (Å²) in [6.07, 6.45) is 2.86. The summed E-state index contributed by atoms with van der Waals surface area (Å²) in [6, 6.07) is 16.0. The molecule has 33 heavy (non-hydrogen) atoms. The van der Waals surface area contributed by atoms with Gasteiger partial charge in [-0.05, 0) is 62.7 Å². The number of carbonyl (C=O) groups excluding carboxylic acids is 1. The number of nitrogens with zero attached hydrogens (tertiary/aromatic N) is 5. The largest absolute Gasteiger partial charge is 0.444 e. The molecule has 172 valence electrons. The zero-order valence-electron chi connectivity index (χ0n) is 19.3. The van der Waals surface area contributed by atoms with E-state index in [2.05, 4.69) is 44.4 Å². The number of oxazole rings is 1. The average Bonchev–Trinajstić information content (AvgIpc) is 3.34. The average molecular weight is 448 g/mol. The molecule has 0 bridgehead atoms. The minimum atomic E-state index is -0.470. The van der Waals surface area contributed by atoms with Gasteiger partial charge in [0.05, 0.1) is 18.4 Å². The first kappa shape index (κ1) is 22.5. The summed E-state index contributed by atoms with van der Waals surface area (Å²) in [5.74, 6) is 0.727. The molecule has 2 aromatic carbocycles. The number of azo groups is 1. The number of carbonyl (C=O) groups is 1. The fraction of sp³-hybridized carbons (Fsp3) is 0.360. The van der Waals surface area contributed by atoms with E-state index >= 15 is 0 Å². The van der Waals surface area contributed by atoms with E-state index in [4.69, 9.17) is 9.15 Å². The van der Waals surface area contributed by atoms with Crippen LogP contribution in [-0.2, 0) is 11.3 Å². The molecule has 1 aromatic heterocycles. The molecule has 1 aliphatic heterocycles. The van der Waals surface area contributed by atoms with Crippen molar-refractivity contribution in [3.8, 4) is 11.3 Å². The Bertz CT molecular complexity index is 1060. The molecule has 1 amide bonds. The smallest absolute Gasteiger partial charge is 0.410 e. The van der Waals surface area contributed by atoms with Crippen LogP contribution in [0, 0.1) is 0 Å². The van der Waals surface area contributed by atoms with Gasteiger partial charge in [0.2, 0.25) is 0 Å². The minimum Gasteiger partial charge on any atom is -0.444 e. The molecule has 8 heteroatoms. The van der Waals surface area contributed by atoms with Crippen LogP contribution in [-0.4, -0.2) is 47.8 Å². The number of ether oxygens (including phenoxy) is 1. The molecule has 4 rings (SSSR count). The van der Waals surface area contributed by atoms with Crippen molar-refractivity contribution in [1.29, 1.82) is 0 Å². The first-order chi connectivity index (χ1) is 15.9. The minimum absolute atomic E-state index is 0.240. The highest BCUT2D eigenvalue weighted by Gasteiger charge is 2.25. The van der Waals surface area contributed by atoms with Crippen molar-refractivity contribution in [2.24, 2.45) is 10.2 Å². The van der Waals surface area contributed by atoms with Crippen molar-refractivity contribution in [2.75, 3.05) is 31.1 Å². The van der Waals surface area contributed by atoms with Gasteiger partial charge in [0.1, 0.15) is 5.60 Å². The number of piperazine rings is 1. The molecule has 0 atom stereocenters. The molecule has 2 heterocycles. The monoisotopic (exact) mass is 447 g/mol. The standard InChI is InChI=1S/C25H29N5O3/c1-25(2,3)33-24(31)30-14-12-29(13-15-30)22-10-4-19(5-11-22)16-27-28-21-8-6-20(7-9-21)23-17-26-18-32-23/h4-11,17-18H,12-16H2,1-3H3. The van der Waals surface area contributed by atoms with Crippen molar-refractivity contribution < 1.29 is 13.9 Å². The molecule has 3 aromatic rings. The van der Waals surface area contributed by atoms with Crippen molar-refractivity contribution in [3.05, 3.63) is 66.7 Å². The second kappa shape index (κ2) is 9.85. The van der Waals surface area contributed by atoms with E-state index in [1.807, 2.05) is 45.0 Å². The number of hydrogen-bond acceptors (Lipinski definition) is 7. The molecule has 0 radical (unpaired) electrons. The van der Waals surface area contributed by atoms with Crippen LogP contribution in [0.25, 0.3) is 11.3 Å². The van der Waals surface area contributed by atoms with E-state index < -0.39 is 5.60 Å². The first-order valence-corrected chi connectivity index (χ1v) is 11.1. The predicted octanol–water partition coefficient (Wildman–Crippen LogP) is 5.68. The molecule has 0 saturated carbocycles. The molecule has 1 aliphatic rings. The molecule has 0 N–H and O–H groups in total. The predicted molar refractivity (Wildman–Crippen MR) is 127 cm³/mol. The van der Waals surface area contributed by atoms with E-state index in [0.29, 0.717) is 19.6 Å². The van der Waals surface area contributed by atoms with Crippen molar-refractivity contribution in [1.82, 2.24) is 9.88 Å². The van der Waals surface area contributed by atoms with Gasteiger partial charge in [-0.1, -0.05) is 12.1 Å². The van der Waals surface area contributed by atoms with Crippen LogP contribution in [0.5, 0.6) is 0 Å². The van der Waals surface area contributed by atoms with Crippen LogP contribution in [0.15, 0.2) is 75.8 Å². The third kappa shape index (κ3) is 6.19. The van der Waals surface area contributed by atoms with Crippen LogP contribution in [0.3, 0.4) is 0 Å². The second-order valence-electron chi connectivity index (χ2n) is 8.93. The van der Waals surface area contributed by atoms with Gasteiger partial charge >= 0.3 is 6.09 Å². The maximum Gasteiger partial charge on any atom is 0.410 e. The lowest BCUT2D eigenvalue weighted by atomic mass is 10.2. The quantitative estimate of drug-likeness (QED) is 0.470. The summed E-state index contributed by atoms with van der Waals surface area (Å²) in [4.78, 5) is 20.2. The Hall–Kier alpha value is -3.68. The number of hydrogen-bond donors (Lipinski definition) is 0. The molecule has 1 saturated heterocycles. The Labute approximate surface area is 193 Å². The third-order valence-corrected chi connectivity index (χ3v) is 5.26. The van der Waals surface area contributed by atoms with E-state index in [1.54, 1.807) is 11.1 Å². The summed E-state index contributed by atoms with van der Waals surface area (Å²) in [7, 11) is 0. The van der Waals surface area contributed by atoms with E-state index in [0.717, 1.165) is 41.4 Å². The number of anilines is 1. The van der Waals surface area contributed by atoms with Crippen molar-refractivity contribution in [2.45, 2.75) is 32.9 Å². The summed E-state index contributed by atoms with van der Waals surface area (Å²) in [5, 5.41) is 8.63. The molecule has 0 unspecified atom stereocenters. The Kier molecular flexibility index (Phi) is 6.72. The van der Waals surface area contributed by atoms with Gasteiger partial charge in [-0.3, -0.25) is 0 Å². The van der Waals surface area contributed by atoms with E-state index in [-0.39, 0.29) is 6.09 Å². The number of aromatic nitrogens is 1. The normalized spacial score (nSPS) is 14.6. The van der Waals surface area contributed by atoms with Crippen molar-refractivity contribution in [3.63, 3.8) is 0 Å². The number of rotatable bonds is 5. The van der Waals surface area contributed by atoms with Gasteiger partial charge in [-0.25, -0.2) is 9.78 Å². The summed E-state index contributed by atoms with van der Waals surface area (Å²) in [6.45, 7) is 9.04. The van der Waals surface area contributed by atoms with Gasteiger partial charge < -0.3 is 19.0 Å². The Morgan fingerprint density at radius 2 is 1.73 bits per heavy atom. The maximum atomic E-state index is 12.2. The molecule has 0 spiro atoms. The summed E-state index contributed by atoms with van der Waals surface area (Å²) >= 11 is 0. The Balaban J connectivity index is 1.26. The van der Waals surface area contributed by atoms with Gasteiger partial charge in [0.25, 0.3) is 0 Å². The van der Waals surface area contributed by atoms with Gasteiger partial charge in [-0.15, -0.1) is 0 Å². The third-order valence-electron chi connectivity index (χ3n) is 5.26. The SMILES string of the molecule is CC(C)(C)OC(=O)N1CCN(c2ccc(CN=Nc3ccc(-c4cnco4)cc3)cc2)CC1. The molecule has 0 aliphatic carbocycles. The van der Waals surface area contributed by atoms with Crippen LogP contribution >= 0.6 is 0 Å². The summed E-state index contributed by atoms with van der Waals surface area (Å²) in [5.41, 5.74) is 3.50. The van der Waals surface area contributed by atoms with Gasteiger partial charge in [-0.2, -0.15) is 10.2 Å². The second-order valence-corrected chi connectivity index (χ2v) is 8.93. The van der Waals surface area contributed by atoms with Crippen molar-refractivity contribution >= 4 is 17.5 Å². The van der Waals surface area contributed by atoms with E-state index in [1.165, 1.54) is 6.39 Å². The highest BCUT2D eigenvalue weighted by Crippen LogP contribution is 2.23. The topological polar surface area (TPSA) is 83.5 Å². The molecule has 1 fully saturated rings. The highest BCUT2D eigenvalue weighted by atomic mass is 16.6. The summed E-state index contributed by atoms with van der Waals surface area (Å²) < 4.78 is 10.8. The van der Waals surface area contributed by atoms with Crippen LogP contribution in [0.2, 0.25) is 0 Å². The number of amides is 1. The number of benzene rings is 2. The lowest BCUT2D eigenvalue weighted by Gasteiger charge is -2.36. The van der Waals surface area contributed by atoms with E-state index in [9.17, 15) is 4.79 Å². The Morgan fingerprint density at radius 3 is 2.33 bits per heavy atom. The van der Waals surface area contributed by atoms with Gasteiger partial charge in [0.15, 0.2) is 12.2 Å². The Morgan fingerprint density at radius 1 is 1.03 bits per heavy atom. The zero-order valence-corrected chi connectivity index (χ0v) is 19.3. The maximum absolute atomic E-state index is 12.2.